The summed E-state index contributed by atoms with van der Waals surface area (Å²) in [7, 11) is 3.00. The van der Waals surface area contributed by atoms with Crippen LogP contribution in [0.2, 0.25) is 0 Å². The molecule has 1 atom stereocenters. The number of hydrogen-bond donors (Lipinski definition) is 3. The molecule has 0 bridgehead atoms. The standard InChI is InChI=1S/C30H31FN6O3.C2H5NO2/c1-16(13-23(38)39)17-7-9-18(10-8-17)24-25-27-22(35(2)30(40)37(27)20-5-3-4-6-20)14-32-29(25)33-26(24)21-15-36(19-11-12-19)34-28(21)31;1-5-2(3)4/h7-10,14-16,19-20H,3-6,11-13H2,1-2H3,(H,32,33)(H,38,39);1H3,(H2,3,4). The lowest BCUT2D eigenvalue weighted by Crippen LogP contribution is -2.24. The molecule has 0 spiro atoms. The van der Waals surface area contributed by atoms with Gasteiger partial charge in [0.2, 0.25) is 5.95 Å². The van der Waals surface area contributed by atoms with E-state index in [4.69, 9.17) is 4.98 Å². The van der Waals surface area contributed by atoms with Crippen molar-refractivity contribution in [2.45, 2.75) is 69.9 Å². The van der Waals surface area contributed by atoms with Gasteiger partial charge in [-0.05, 0) is 42.7 Å². The first-order valence-electron chi connectivity index (χ1n) is 15.1. The quantitative estimate of drug-likeness (QED) is 0.213. The van der Waals surface area contributed by atoms with E-state index in [2.05, 4.69) is 20.6 Å². The number of methoxy groups -OCH3 is 1. The molecule has 1 aromatic carbocycles. The number of imidazole rings is 1. The number of pyridine rings is 1. The van der Waals surface area contributed by atoms with Crippen molar-refractivity contribution in [1.82, 2.24) is 28.9 Å². The number of fused-ring (bicyclic) bond motifs is 3. The Balaban J connectivity index is 0.000000664. The number of primary amides is 1. The van der Waals surface area contributed by atoms with Crippen LogP contribution in [0.15, 0.2) is 41.5 Å². The van der Waals surface area contributed by atoms with Gasteiger partial charge in [0, 0.05) is 24.8 Å². The zero-order valence-electron chi connectivity index (χ0n) is 25.4. The van der Waals surface area contributed by atoms with E-state index in [1.807, 2.05) is 35.8 Å². The van der Waals surface area contributed by atoms with Crippen molar-refractivity contribution in [3.63, 3.8) is 0 Å². The number of nitrogens with one attached hydrogen (secondary N) is 1. The molecule has 2 aliphatic rings. The number of rotatable bonds is 7. The molecule has 236 valence electrons. The van der Waals surface area contributed by atoms with Crippen molar-refractivity contribution in [3.05, 3.63) is 58.7 Å². The number of aromatic amines is 1. The Morgan fingerprint density at radius 3 is 2.42 bits per heavy atom. The number of H-pyrrole nitrogens is 1. The minimum absolute atomic E-state index is 0.0332. The molecule has 13 heteroatoms. The summed E-state index contributed by atoms with van der Waals surface area (Å²) in [6.07, 6.45) is 8.76. The number of aromatic nitrogens is 6. The van der Waals surface area contributed by atoms with Gasteiger partial charge in [-0.25, -0.2) is 14.6 Å². The number of nitrogens with zero attached hydrogens (tertiary/aromatic N) is 5. The Hall–Kier alpha value is -4.94. The number of aryl methyl sites for hydroxylation is 1. The van der Waals surface area contributed by atoms with Gasteiger partial charge in [-0.3, -0.25) is 18.6 Å². The number of aliphatic carboxylic acids is 1. The summed E-state index contributed by atoms with van der Waals surface area (Å²) in [5.41, 5.74) is 9.91. The fourth-order valence-electron chi connectivity index (χ4n) is 6.39. The van der Waals surface area contributed by atoms with Crippen LogP contribution >= 0.6 is 0 Å². The summed E-state index contributed by atoms with van der Waals surface area (Å²) in [5.74, 6) is -1.55. The number of hydrogen-bond acceptors (Lipinski definition) is 6. The topological polar surface area (TPSA) is 163 Å². The predicted octanol–water partition coefficient (Wildman–Crippen LogP) is 5.63. The Labute approximate surface area is 257 Å². The molecule has 12 nitrogen and oxygen atoms in total. The summed E-state index contributed by atoms with van der Waals surface area (Å²) >= 11 is 0. The number of carboxylic acid groups (broad SMARTS) is 1. The number of nitrogens with two attached hydrogens (primary N) is 1. The second-order valence-corrected chi connectivity index (χ2v) is 11.9. The Bertz CT molecular complexity index is 1960. The van der Waals surface area contributed by atoms with E-state index in [1.54, 1.807) is 28.7 Å². The van der Waals surface area contributed by atoms with Crippen molar-refractivity contribution >= 4 is 34.1 Å². The fourth-order valence-corrected chi connectivity index (χ4v) is 6.39. The van der Waals surface area contributed by atoms with Crippen molar-refractivity contribution in [1.29, 1.82) is 0 Å². The third-order valence-corrected chi connectivity index (χ3v) is 8.89. The molecule has 7 rings (SSSR count). The molecular weight excluding hydrogens is 581 g/mol. The summed E-state index contributed by atoms with van der Waals surface area (Å²) in [4.78, 5) is 42.3. The molecule has 0 saturated heterocycles. The highest BCUT2D eigenvalue weighted by molar-refractivity contribution is 6.14. The average Bonchev–Trinajstić information content (AvgIpc) is 3.30. The molecule has 1 unspecified atom stereocenters. The molecule has 4 N–H and O–H groups in total. The first kappa shape index (κ1) is 30.1. The molecule has 2 fully saturated rings. The van der Waals surface area contributed by atoms with Crippen molar-refractivity contribution < 1.29 is 23.8 Å². The minimum atomic E-state index is -0.846. The second-order valence-electron chi connectivity index (χ2n) is 11.9. The molecule has 4 aromatic heterocycles. The third-order valence-electron chi connectivity index (χ3n) is 8.89. The lowest BCUT2D eigenvalue weighted by atomic mass is 9.93. The highest BCUT2D eigenvalue weighted by Crippen LogP contribution is 2.44. The van der Waals surface area contributed by atoms with Gasteiger partial charge in [-0.2, -0.15) is 4.39 Å². The molecule has 45 heavy (non-hydrogen) atoms. The van der Waals surface area contributed by atoms with Gasteiger partial charge in [0.25, 0.3) is 0 Å². The third kappa shape index (κ3) is 5.58. The summed E-state index contributed by atoms with van der Waals surface area (Å²) in [6, 6.07) is 8.07. The largest absolute Gasteiger partial charge is 0.481 e. The maximum Gasteiger partial charge on any atom is 0.404 e. The lowest BCUT2D eigenvalue weighted by molar-refractivity contribution is -0.137. The van der Waals surface area contributed by atoms with E-state index in [-0.39, 0.29) is 30.1 Å². The summed E-state index contributed by atoms with van der Waals surface area (Å²) in [6.45, 7) is 1.89. The zero-order chi connectivity index (χ0) is 32.0. The fraction of sp³-hybridized carbons (Fsp3) is 0.406. The maximum atomic E-state index is 15.4. The van der Waals surface area contributed by atoms with Gasteiger partial charge in [0.05, 0.1) is 53.4 Å². The predicted molar refractivity (Wildman–Crippen MR) is 166 cm³/mol. The van der Waals surface area contributed by atoms with E-state index in [1.165, 1.54) is 7.11 Å². The van der Waals surface area contributed by atoms with E-state index < -0.39 is 18.0 Å². The number of carboxylic acids is 1. The van der Waals surface area contributed by atoms with Crippen LogP contribution in [0.3, 0.4) is 0 Å². The van der Waals surface area contributed by atoms with Crippen LogP contribution in [-0.4, -0.2) is 53.2 Å². The number of carbonyl (C=O) groups excluding carboxylic acids is 1. The molecule has 1 amide bonds. The monoisotopic (exact) mass is 617 g/mol. The number of benzene rings is 1. The van der Waals surface area contributed by atoms with Gasteiger partial charge in [-0.1, -0.05) is 44.0 Å². The van der Waals surface area contributed by atoms with Gasteiger partial charge in [0.1, 0.15) is 5.65 Å². The van der Waals surface area contributed by atoms with Crippen molar-refractivity contribution in [2.75, 3.05) is 7.11 Å². The normalized spacial score (nSPS) is 15.7. The molecule has 5 aromatic rings. The zero-order valence-corrected chi connectivity index (χ0v) is 25.4. The molecule has 4 heterocycles. The van der Waals surface area contributed by atoms with Gasteiger partial charge < -0.3 is 20.6 Å². The van der Waals surface area contributed by atoms with Crippen molar-refractivity contribution in [3.8, 4) is 22.4 Å². The first-order valence-corrected chi connectivity index (χ1v) is 15.1. The average molecular weight is 618 g/mol. The van der Waals surface area contributed by atoms with Gasteiger partial charge in [0.15, 0.2) is 0 Å². The number of carbonyl (C=O) groups is 2. The molecular formula is C32H36FN7O5. The van der Waals surface area contributed by atoms with Crippen LogP contribution in [0.25, 0.3) is 44.5 Å². The van der Waals surface area contributed by atoms with E-state index in [0.29, 0.717) is 16.9 Å². The van der Waals surface area contributed by atoms with Crippen LogP contribution in [0.5, 0.6) is 0 Å². The minimum Gasteiger partial charge on any atom is -0.481 e. The van der Waals surface area contributed by atoms with Crippen LogP contribution < -0.4 is 11.4 Å². The van der Waals surface area contributed by atoms with Crippen LogP contribution in [0, 0.1) is 5.95 Å². The second kappa shape index (κ2) is 11.9. The summed E-state index contributed by atoms with van der Waals surface area (Å²) < 4.78 is 24.6. The molecule has 0 aliphatic heterocycles. The Morgan fingerprint density at radius 1 is 1.16 bits per heavy atom. The lowest BCUT2D eigenvalue weighted by Gasteiger charge is -2.13. The van der Waals surface area contributed by atoms with E-state index in [0.717, 1.165) is 71.6 Å². The molecule has 0 radical (unpaired) electrons. The summed E-state index contributed by atoms with van der Waals surface area (Å²) in [5, 5.41) is 14.2. The maximum absolute atomic E-state index is 15.4. The van der Waals surface area contributed by atoms with Gasteiger partial charge >= 0.3 is 17.8 Å². The number of halogens is 1. The molecule has 2 aliphatic carbocycles. The first-order chi connectivity index (χ1) is 21.6. The Morgan fingerprint density at radius 2 is 1.82 bits per heavy atom. The van der Waals surface area contributed by atoms with E-state index in [9.17, 15) is 19.5 Å². The number of amides is 1. The smallest absolute Gasteiger partial charge is 0.404 e. The molecule has 2 saturated carbocycles. The van der Waals surface area contributed by atoms with Crippen LogP contribution in [0.1, 0.15) is 75.4 Å². The van der Waals surface area contributed by atoms with Crippen LogP contribution in [0.4, 0.5) is 9.18 Å². The Kier molecular flexibility index (Phi) is 7.94. The van der Waals surface area contributed by atoms with Crippen molar-refractivity contribution in [2.24, 2.45) is 12.8 Å². The van der Waals surface area contributed by atoms with Crippen LogP contribution in [-0.2, 0) is 16.6 Å². The number of ether oxygens (including phenoxy) is 1. The van der Waals surface area contributed by atoms with E-state index >= 15 is 4.39 Å². The highest BCUT2D eigenvalue weighted by Gasteiger charge is 2.31. The SMILES string of the molecule is CC(CC(=O)O)c1ccc(-c2c(-c3cn(C4CC4)nc3F)[nH]c3ncc4c(c23)n(C2CCCC2)c(=O)n4C)cc1.COC(N)=O. The van der Waals surface area contributed by atoms with Gasteiger partial charge in [-0.15, -0.1) is 5.10 Å². The highest BCUT2D eigenvalue weighted by atomic mass is 19.1.